The minimum absolute atomic E-state index is 1.17. The first-order valence-corrected chi connectivity index (χ1v) is 4.20. The average Bonchev–Trinajstić information content (AvgIpc) is 2.58. The smallest absolute Gasteiger partial charge is 0.0422 e. The standard InChI is InChI=1S/C9H6NS/c1-2-9(11-7-1)8-3-5-10-6-4-8/h1,3-7H. The number of pyridine rings is 1. The van der Waals surface area contributed by atoms with Gasteiger partial charge in [-0.1, -0.05) is 0 Å². The molecule has 0 atom stereocenters. The first kappa shape index (κ1) is 6.55. The largest absolute Gasteiger partial charge is 0.265 e. The Hall–Kier alpha value is -1.15. The Balaban J connectivity index is 2.46. The Kier molecular flexibility index (Phi) is 1.69. The third-order valence-electron chi connectivity index (χ3n) is 1.41. The van der Waals surface area contributed by atoms with E-state index in [0.717, 1.165) is 0 Å². The second-order valence-electron chi connectivity index (χ2n) is 2.13. The zero-order valence-corrected chi connectivity index (χ0v) is 6.64. The summed E-state index contributed by atoms with van der Waals surface area (Å²) in [4.78, 5) is 5.12. The van der Waals surface area contributed by atoms with E-state index in [2.05, 4.69) is 11.1 Å². The molecule has 0 aliphatic heterocycles. The lowest BCUT2D eigenvalue weighted by atomic mass is 10.2. The maximum absolute atomic E-state index is 3.95. The summed E-state index contributed by atoms with van der Waals surface area (Å²) in [6, 6.07) is 9.05. The van der Waals surface area contributed by atoms with Gasteiger partial charge in [-0.3, -0.25) is 4.98 Å². The molecule has 0 bridgehead atoms. The van der Waals surface area contributed by atoms with Gasteiger partial charge in [-0.05, 0) is 29.1 Å². The van der Waals surface area contributed by atoms with Crippen LogP contribution in [-0.2, 0) is 0 Å². The van der Waals surface area contributed by atoms with Crippen LogP contribution in [0.1, 0.15) is 0 Å². The van der Waals surface area contributed by atoms with Crippen molar-refractivity contribution < 1.29 is 0 Å². The lowest BCUT2D eigenvalue weighted by molar-refractivity contribution is 1.33. The van der Waals surface area contributed by atoms with Crippen molar-refractivity contribution in [2.45, 2.75) is 0 Å². The van der Waals surface area contributed by atoms with Crippen molar-refractivity contribution in [3.05, 3.63) is 42.0 Å². The van der Waals surface area contributed by atoms with Crippen LogP contribution in [0, 0.1) is 6.07 Å². The molecular formula is C9H6NS. The maximum atomic E-state index is 3.95. The molecule has 0 aliphatic carbocycles. The van der Waals surface area contributed by atoms with E-state index in [0.29, 0.717) is 0 Å². The van der Waals surface area contributed by atoms with Gasteiger partial charge in [0, 0.05) is 23.3 Å². The van der Waals surface area contributed by atoms with Crippen LogP contribution < -0.4 is 0 Å². The zero-order chi connectivity index (χ0) is 7.52. The highest BCUT2D eigenvalue weighted by Crippen LogP contribution is 2.22. The van der Waals surface area contributed by atoms with Gasteiger partial charge in [-0.25, -0.2) is 0 Å². The minimum Gasteiger partial charge on any atom is -0.265 e. The fourth-order valence-electron chi connectivity index (χ4n) is 0.900. The molecule has 2 aromatic rings. The molecule has 0 saturated carbocycles. The molecule has 1 nitrogen and oxygen atoms in total. The van der Waals surface area contributed by atoms with Gasteiger partial charge in [0.25, 0.3) is 0 Å². The molecule has 2 aromatic heterocycles. The summed E-state index contributed by atoms with van der Waals surface area (Å²) < 4.78 is 0. The van der Waals surface area contributed by atoms with Gasteiger partial charge in [-0.2, -0.15) is 0 Å². The van der Waals surface area contributed by atoms with Gasteiger partial charge in [0.2, 0.25) is 0 Å². The molecule has 0 N–H and O–H groups in total. The summed E-state index contributed by atoms with van der Waals surface area (Å²) in [6.45, 7) is 0. The fraction of sp³-hybridized carbons (Fsp3) is 0. The monoisotopic (exact) mass is 160 g/mol. The molecule has 0 unspecified atom stereocenters. The average molecular weight is 160 g/mol. The van der Waals surface area contributed by atoms with Crippen molar-refractivity contribution >= 4 is 11.3 Å². The van der Waals surface area contributed by atoms with Crippen LogP contribution in [0.5, 0.6) is 0 Å². The number of hydrogen-bond donors (Lipinski definition) is 0. The summed E-state index contributed by atoms with van der Waals surface area (Å²) in [5.74, 6) is 0. The van der Waals surface area contributed by atoms with Crippen LogP contribution in [0.25, 0.3) is 10.4 Å². The van der Waals surface area contributed by atoms with E-state index in [1.54, 1.807) is 23.7 Å². The molecule has 2 rings (SSSR count). The molecule has 1 radical (unpaired) electrons. The van der Waals surface area contributed by atoms with Crippen LogP contribution >= 0.6 is 11.3 Å². The van der Waals surface area contributed by atoms with E-state index in [4.69, 9.17) is 0 Å². The minimum atomic E-state index is 1.17. The predicted octanol–water partition coefficient (Wildman–Crippen LogP) is 2.61. The highest BCUT2D eigenvalue weighted by Gasteiger charge is 1.95. The second-order valence-corrected chi connectivity index (χ2v) is 3.05. The Morgan fingerprint density at radius 1 is 1.27 bits per heavy atom. The van der Waals surface area contributed by atoms with E-state index < -0.39 is 0 Å². The van der Waals surface area contributed by atoms with E-state index in [1.165, 1.54) is 10.4 Å². The molecule has 0 spiro atoms. The van der Waals surface area contributed by atoms with Gasteiger partial charge >= 0.3 is 0 Å². The van der Waals surface area contributed by atoms with Gasteiger partial charge in [0.05, 0.1) is 0 Å². The van der Waals surface area contributed by atoms with Crippen molar-refractivity contribution in [2.75, 3.05) is 0 Å². The molecule has 0 saturated heterocycles. The third-order valence-corrected chi connectivity index (χ3v) is 2.27. The molecule has 11 heavy (non-hydrogen) atoms. The summed E-state index contributed by atoms with van der Waals surface area (Å²) in [5.41, 5.74) is 1.19. The van der Waals surface area contributed by atoms with Crippen LogP contribution in [0.15, 0.2) is 36.0 Å². The lowest BCUT2D eigenvalue weighted by Gasteiger charge is -1.92. The second kappa shape index (κ2) is 2.84. The summed E-state index contributed by atoms with van der Waals surface area (Å²) in [5, 5.41) is 2.02. The van der Waals surface area contributed by atoms with E-state index in [9.17, 15) is 0 Å². The highest BCUT2D eigenvalue weighted by molar-refractivity contribution is 7.13. The third kappa shape index (κ3) is 1.30. The summed E-state index contributed by atoms with van der Waals surface area (Å²) in [6.07, 6.45) is 3.59. The molecule has 0 aliphatic rings. The Morgan fingerprint density at radius 3 is 2.73 bits per heavy atom. The van der Waals surface area contributed by atoms with Crippen LogP contribution in [0.2, 0.25) is 0 Å². The molecule has 53 valence electrons. The van der Waals surface area contributed by atoms with Crippen molar-refractivity contribution in [1.29, 1.82) is 0 Å². The van der Waals surface area contributed by atoms with Gasteiger partial charge < -0.3 is 0 Å². The van der Waals surface area contributed by atoms with Gasteiger partial charge in [0.1, 0.15) is 0 Å². The SMILES string of the molecule is [c]1ccsc1-c1ccncc1. The van der Waals surface area contributed by atoms with E-state index in [1.807, 2.05) is 23.6 Å². The lowest BCUT2D eigenvalue weighted by Crippen LogP contribution is -1.71. The van der Waals surface area contributed by atoms with Crippen molar-refractivity contribution in [2.24, 2.45) is 0 Å². The first-order valence-electron chi connectivity index (χ1n) is 3.32. The van der Waals surface area contributed by atoms with E-state index >= 15 is 0 Å². The molecule has 0 amide bonds. The summed E-state index contributed by atoms with van der Waals surface area (Å²) in [7, 11) is 0. The normalized spacial score (nSPS) is 9.82. The molecule has 0 aromatic carbocycles. The molecular weight excluding hydrogens is 154 g/mol. The zero-order valence-electron chi connectivity index (χ0n) is 5.82. The Bertz CT molecular complexity index is 313. The highest BCUT2D eigenvalue weighted by atomic mass is 32.1. The molecule has 0 fully saturated rings. The van der Waals surface area contributed by atoms with Crippen LogP contribution in [-0.4, -0.2) is 4.98 Å². The summed E-state index contributed by atoms with van der Waals surface area (Å²) >= 11 is 1.69. The maximum Gasteiger partial charge on any atom is 0.0422 e. The Morgan fingerprint density at radius 2 is 2.09 bits per heavy atom. The fourth-order valence-corrected chi connectivity index (χ4v) is 1.58. The predicted molar refractivity (Wildman–Crippen MR) is 46.4 cm³/mol. The van der Waals surface area contributed by atoms with Crippen molar-refractivity contribution in [3.8, 4) is 10.4 Å². The number of aromatic nitrogens is 1. The van der Waals surface area contributed by atoms with Crippen LogP contribution in [0.4, 0.5) is 0 Å². The number of rotatable bonds is 1. The van der Waals surface area contributed by atoms with Gasteiger partial charge in [0.15, 0.2) is 0 Å². The Labute approximate surface area is 69.3 Å². The molecule has 2 heterocycles. The molecule has 2 heteroatoms. The van der Waals surface area contributed by atoms with Crippen molar-refractivity contribution in [3.63, 3.8) is 0 Å². The topological polar surface area (TPSA) is 12.9 Å². The van der Waals surface area contributed by atoms with Gasteiger partial charge in [-0.15, -0.1) is 11.3 Å². The quantitative estimate of drug-likeness (QED) is 0.625. The van der Waals surface area contributed by atoms with Crippen LogP contribution in [0.3, 0.4) is 0 Å². The number of thiophene rings is 1. The van der Waals surface area contributed by atoms with E-state index in [-0.39, 0.29) is 0 Å². The van der Waals surface area contributed by atoms with Crippen molar-refractivity contribution in [1.82, 2.24) is 4.98 Å². The number of hydrogen-bond acceptors (Lipinski definition) is 2. The first-order chi connectivity index (χ1) is 5.47. The number of nitrogens with zero attached hydrogens (tertiary/aromatic N) is 1.